The summed E-state index contributed by atoms with van der Waals surface area (Å²) < 4.78 is 19.5. The number of aromatic hydroxyl groups is 1. The summed E-state index contributed by atoms with van der Waals surface area (Å²) in [6.07, 6.45) is 2.34. The molecular formula is C15H22FNO2. The Hall–Kier alpha value is -1.13. The first-order valence-corrected chi connectivity index (χ1v) is 6.96. The lowest BCUT2D eigenvalue weighted by Gasteiger charge is -2.36. The Morgan fingerprint density at radius 3 is 2.68 bits per heavy atom. The SMILES string of the molecule is CCOC1CCN(C(C)c2ccc(O)cc2F)CC1. The van der Waals surface area contributed by atoms with Gasteiger partial charge in [0, 0.05) is 37.4 Å². The van der Waals surface area contributed by atoms with Crippen LogP contribution in [0.2, 0.25) is 0 Å². The van der Waals surface area contributed by atoms with Gasteiger partial charge < -0.3 is 9.84 Å². The van der Waals surface area contributed by atoms with Gasteiger partial charge in [0.15, 0.2) is 0 Å². The molecule has 1 saturated heterocycles. The number of likely N-dealkylation sites (tertiary alicyclic amines) is 1. The third-order valence-corrected chi connectivity index (χ3v) is 3.86. The van der Waals surface area contributed by atoms with E-state index in [9.17, 15) is 9.50 Å². The Labute approximate surface area is 114 Å². The van der Waals surface area contributed by atoms with Crippen LogP contribution in [0.1, 0.15) is 38.3 Å². The maximum absolute atomic E-state index is 13.8. The highest BCUT2D eigenvalue weighted by Gasteiger charge is 2.25. The van der Waals surface area contributed by atoms with Crippen molar-refractivity contribution in [3.63, 3.8) is 0 Å². The van der Waals surface area contributed by atoms with E-state index in [1.165, 1.54) is 6.07 Å². The van der Waals surface area contributed by atoms with Gasteiger partial charge in [0.25, 0.3) is 0 Å². The number of hydrogen-bond donors (Lipinski definition) is 1. The number of halogens is 1. The van der Waals surface area contributed by atoms with E-state index in [2.05, 4.69) is 4.90 Å². The van der Waals surface area contributed by atoms with Crippen molar-refractivity contribution in [2.24, 2.45) is 0 Å². The normalized spacial score (nSPS) is 19.5. The largest absolute Gasteiger partial charge is 0.508 e. The number of nitrogens with zero attached hydrogens (tertiary/aromatic N) is 1. The minimum atomic E-state index is -0.334. The molecule has 1 aromatic rings. The molecule has 0 aliphatic carbocycles. The minimum absolute atomic E-state index is 0.0245. The van der Waals surface area contributed by atoms with E-state index in [0.29, 0.717) is 11.7 Å². The lowest BCUT2D eigenvalue weighted by molar-refractivity contribution is 0.00524. The summed E-state index contributed by atoms with van der Waals surface area (Å²) in [6, 6.07) is 4.42. The van der Waals surface area contributed by atoms with Crippen LogP contribution < -0.4 is 0 Å². The van der Waals surface area contributed by atoms with Crippen molar-refractivity contribution in [3.8, 4) is 5.75 Å². The monoisotopic (exact) mass is 267 g/mol. The van der Waals surface area contributed by atoms with Crippen LogP contribution >= 0.6 is 0 Å². The van der Waals surface area contributed by atoms with Crippen LogP contribution in [0.3, 0.4) is 0 Å². The highest BCUT2D eigenvalue weighted by molar-refractivity contribution is 5.29. The van der Waals surface area contributed by atoms with Gasteiger partial charge in [0.05, 0.1) is 6.10 Å². The summed E-state index contributed by atoms with van der Waals surface area (Å²) in [5.74, 6) is -0.358. The maximum Gasteiger partial charge on any atom is 0.131 e. The van der Waals surface area contributed by atoms with Crippen LogP contribution in [0.25, 0.3) is 0 Å². The van der Waals surface area contributed by atoms with E-state index >= 15 is 0 Å². The summed E-state index contributed by atoms with van der Waals surface area (Å²) in [4.78, 5) is 2.27. The highest BCUT2D eigenvalue weighted by atomic mass is 19.1. The topological polar surface area (TPSA) is 32.7 Å². The molecule has 0 aromatic heterocycles. The van der Waals surface area contributed by atoms with Gasteiger partial charge in [-0.25, -0.2) is 4.39 Å². The van der Waals surface area contributed by atoms with Crippen molar-refractivity contribution in [1.29, 1.82) is 0 Å². The summed E-state index contributed by atoms with van der Waals surface area (Å²) >= 11 is 0. The Balaban J connectivity index is 1.99. The third-order valence-electron chi connectivity index (χ3n) is 3.86. The van der Waals surface area contributed by atoms with E-state index < -0.39 is 0 Å². The van der Waals surface area contributed by atoms with Crippen LogP contribution in [0.15, 0.2) is 18.2 Å². The van der Waals surface area contributed by atoms with Crippen molar-refractivity contribution < 1.29 is 14.2 Å². The van der Waals surface area contributed by atoms with E-state index in [1.54, 1.807) is 12.1 Å². The van der Waals surface area contributed by atoms with Crippen molar-refractivity contribution >= 4 is 0 Å². The van der Waals surface area contributed by atoms with E-state index in [-0.39, 0.29) is 17.6 Å². The molecule has 1 heterocycles. The van der Waals surface area contributed by atoms with E-state index in [1.807, 2.05) is 13.8 Å². The average Bonchev–Trinajstić information content (AvgIpc) is 2.39. The van der Waals surface area contributed by atoms with Gasteiger partial charge in [-0.2, -0.15) is 0 Å². The molecule has 0 amide bonds. The second-order valence-electron chi connectivity index (χ2n) is 5.07. The summed E-state index contributed by atoms with van der Waals surface area (Å²) in [5, 5.41) is 9.25. The summed E-state index contributed by atoms with van der Waals surface area (Å²) in [7, 11) is 0. The number of piperidine rings is 1. The van der Waals surface area contributed by atoms with Crippen LogP contribution in [0.5, 0.6) is 5.75 Å². The van der Waals surface area contributed by atoms with Gasteiger partial charge in [0.2, 0.25) is 0 Å². The van der Waals surface area contributed by atoms with Gasteiger partial charge in [-0.05, 0) is 32.8 Å². The summed E-state index contributed by atoms with van der Waals surface area (Å²) in [5.41, 5.74) is 0.646. The van der Waals surface area contributed by atoms with E-state index in [0.717, 1.165) is 32.5 Å². The number of ether oxygens (including phenoxy) is 1. The Morgan fingerprint density at radius 1 is 1.42 bits per heavy atom. The molecule has 1 aliphatic rings. The van der Waals surface area contributed by atoms with Crippen molar-refractivity contribution in [1.82, 2.24) is 4.90 Å². The lowest BCUT2D eigenvalue weighted by atomic mass is 10.0. The number of benzene rings is 1. The molecule has 1 atom stereocenters. The molecule has 4 heteroatoms. The molecule has 3 nitrogen and oxygen atoms in total. The molecule has 106 valence electrons. The highest BCUT2D eigenvalue weighted by Crippen LogP contribution is 2.28. The van der Waals surface area contributed by atoms with E-state index in [4.69, 9.17) is 4.74 Å². The fourth-order valence-corrected chi connectivity index (χ4v) is 2.72. The Bertz CT molecular complexity index is 417. The lowest BCUT2D eigenvalue weighted by Crippen LogP contribution is -2.38. The third kappa shape index (κ3) is 3.45. The van der Waals surface area contributed by atoms with Crippen molar-refractivity contribution in [3.05, 3.63) is 29.6 Å². The second-order valence-corrected chi connectivity index (χ2v) is 5.07. The van der Waals surface area contributed by atoms with Gasteiger partial charge in [-0.3, -0.25) is 4.90 Å². The Kier molecular flexibility index (Phi) is 4.77. The van der Waals surface area contributed by atoms with Crippen LogP contribution in [-0.4, -0.2) is 35.8 Å². The van der Waals surface area contributed by atoms with Crippen LogP contribution in [0.4, 0.5) is 4.39 Å². The zero-order chi connectivity index (χ0) is 13.8. The maximum atomic E-state index is 13.8. The molecule has 19 heavy (non-hydrogen) atoms. The van der Waals surface area contributed by atoms with Gasteiger partial charge in [-0.1, -0.05) is 6.07 Å². The molecule has 1 N–H and O–H groups in total. The molecule has 1 unspecified atom stereocenters. The second kappa shape index (κ2) is 6.35. The fraction of sp³-hybridized carbons (Fsp3) is 0.600. The summed E-state index contributed by atoms with van der Waals surface area (Å²) in [6.45, 7) is 6.63. The van der Waals surface area contributed by atoms with Crippen molar-refractivity contribution in [2.75, 3.05) is 19.7 Å². The zero-order valence-corrected chi connectivity index (χ0v) is 11.6. The first-order valence-electron chi connectivity index (χ1n) is 6.96. The van der Waals surface area contributed by atoms with Crippen LogP contribution in [0, 0.1) is 5.82 Å². The number of rotatable bonds is 4. The molecule has 1 fully saturated rings. The Morgan fingerprint density at radius 2 is 2.11 bits per heavy atom. The molecule has 0 radical (unpaired) electrons. The molecular weight excluding hydrogens is 245 g/mol. The predicted molar refractivity (Wildman–Crippen MR) is 72.7 cm³/mol. The standard InChI is InChI=1S/C15H22FNO2/c1-3-19-13-6-8-17(9-7-13)11(2)14-5-4-12(18)10-15(14)16/h4-5,10-11,13,18H,3,6-9H2,1-2H3. The quantitative estimate of drug-likeness (QED) is 0.910. The number of hydrogen-bond acceptors (Lipinski definition) is 3. The van der Waals surface area contributed by atoms with Crippen LogP contribution in [-0.2, 0) is 4.74 Å². The smallest absolute Gasteiger partial charge is 0.131 e. The first-order chi connectivity index (χ1) is 9.11. The number of phenolic OH excluding ortho intramolecular Hbond substituents is 1. The minimum Gasteiger partial charge on any atom is -0.508 e. The predicted octanol–water partition coefficient (Wildman–Crippen LogP) is 3.09. The molecule has 1 aromatic carbocycles. The van der Waals surface area contributed by atoms with Crippen molar-refractivity contribution in [2.45, 2.75) is 38.8 Å². The van der Waals surface area contributed by atoms with Gasteiger partial charge >= 0.3 is 0 Å². The first kappa shape index (κ1) is 14.3. The number of phenols is 1. The molecule has 0 saturated carbocycles. The molecule has 0 bridgehead atoms. The van der Waals surface area contributed by atoms with Gasteiger partial charge in [-0.15, -0.1) is 0 Å². The molecule has 1 aliphatic heterocycles. The molecule has 2 rings (SSSR count). The zero-order valence-electron chi connectivity index (χ0n) is 11.6. The fourth-order valence-electron chi connectivity index (χ4n) is 2.72. The average molecular weight is 267 g/mol. The van der Waals surface area contributed by atoms with Gasteiger partial charge in [0.1, 0.15) is 11.6 Å². The molecule has 0 spiro atoms.